The van der Waals surface area contributed by atoms with Crippen LogP contribution in [-0.2, 0) is 0 Å². The van der Waals surface area contributed by atoms with Gasteiger partial charge in [0.2, 0.25) is 0 Å². The molecule has 118 valence electrons. The van der Waals surface area contributed by atoms with Crippen molar-refractivity contribution >= 4 is 23.2 Å². The molecule has 0 aliphatic carbocycles. The highest BCUT2D eigenvalue weighted by Gasteiger charge is 2.10. The van der Waals surface area contributed by atoms with Crippen molar-refractivity contribution < 1.29 is 0 Å². The minimum atomic E-state index is -0.374. The van der Waals surface area contributed by atoms with Gasteiger partial charge in [-0.15, -0.1) is 0 Å². The summed E-state index contributed by atoms with van der Waals surface area (Å²) in [6, 6.07) is 16.8. The van der Waals surface area contributed by atoms with Gasteiger partial charge >= 0.3 is 0 Å². The molecule has 3 aromatic rings. The van der Waals surface area contributed by atoms with Gasteiger partial charge in [0.1, 0.15) is 11.6 Å². The van der Waals surface area contributed by atoms with Gasteiger partial charge in [0, 0.05) is 11.3 Å². The number of nitrogens with one attached hydrogen (secondary N) is 1. The van der Waals surface area contributed by atoms with Crippen molar-refractivity contribution in [3.8, 4) is 28.3 Å². The number of aryl methyl sites for hydroxylation is 1. The van der Waals surface area contributed by atoms with Crippen LogP contribution in [0.2, 0.25) is 10.0 Å². The molecule has 0 atom stereocenters. The van der Waals surface area contributed by atoms with Crippen molar-refractivity contribution in [1.82, 2.24) is 4.98 Å². The number of halogens is 2. The maximum atomic E-state index is 11.9. The zero-order chi connectivity index (χ0) is 17.3. The zero-order valence-corrected chi connectivity index (χ0v) is 14.2. The highest BCUT2D eigenvalue weighted by molar-refractivity contribution is 6.42. The van der Waals surface area contributed by atoms with E-state index in [1.165, 1.54) is 0 Å². The molecule has 0 unspecified atom stereocenters. The number of hydrogen-bond donors (Lipinski definition) is 1. The lowest BCUT2D eigenvalue weighted by molar-refractivity contribution is 1.13. The number of aromatic nitrogens is 1. The predicted octanol–water partition coefficient (Wildman–Crippen LogP) is 5.20. The lowest BCUT2D eigenvalue weighted by Gasteiger charge is -2.08. The van der Waals surface area contributed by atoms with Crippen LogP contribution in [0.15, 0.2) is 53.3 Å². The third kappa shape index (κ3) is 3.07. The van der Waals surface area contributed by atoms with Crippen molar-refractivity contribution in [2.75, 3.05) is 0 Å². The van der Waals surface area contributed by atoms with E-state index in [0.29, 0.717) is 21.3 Å². The number of nitriles is 1. The number of benzene rings is 2. The molecule has 0 radical (unpaired) electrons. The fourth-order valence-corrected chi connectivity index (χ4v) is 2.84. The summed E-state index contributed by atoms with van der Waals surface area (Å²) >= 11 is 12.0. The number of nitrogens with zero attached hydrogens (tertiary/aromatic N) is 1. The van der Waals surface area contributed by atoms with Crippen LogP contribution in [0.3, 0.4) is 0 Å². The van der Waals surface area contributed by atoms with E-state index >= 15 is 0 Å². The molecule has 1 aromatic heterocycles. The quantitative estimate of drug-likeness (QED) is 0.687. The summed E-state index contributed by atoms with van der Waals surface area (Å²) in [6.07, 6.45) is 0. The Hall–Kier alpha value is -2.54. The van der Waals surface area contributed by atoms with Crippen molar-refractivity contribution in [1.29, 1.82) is 5.26 Å². The summed E-state index contributed by atoms with van der Waals surface area (Å²) in [7, 11) is 0. The summed E-state index contributed by atoms with van der Waals surface area (Å²) in [5.41, 5.74) is 3.80. The van der Waals surface area contributed by atoms with Crippen LogP contribution < -0.4 is 5.56 Å². The first-order chi connectivity index (χ1) is 11.5. The van der Waals surface area contributed by atoms with Gasteiger partial charge < -0.3 is 4.98 Å². The molecule has 3 nitrogen and oxygen atoms in total. The molecule has 0 amide bonds. The number of pyridine rings is 1. The molecule has 0 bridgehead atoms. The second kappa shape index (κ2) is 6.52. The van der Waals surface area contributed by atoms with E-state index < -0.39 is 0 Å². The number of H-pyrrole nitrogens is 1. The normalized spacial score (nSPS) is 10.4. The largest absolute Gasteiger partial charge is 0.325 e. The summed E-state index contributed by atoms with van der Waals surface area (Å²) < 4.78 is 0. The van der Waals surface area contributed by atoms with Gasteiger partial charge in [-0.3, -0.25) is 4.79 Å². The highest BCUT2D eigenvalue weighted by atomic mass is 35.5. The second-order valence-corrected chi connectivity index (χ2v) is 6.20. The number of rotatable bonds is 2. The third-order valence-electron chi connectivity index (χ3n) is 3.73. The van der Waals surface area contributed by atoms with Crippen molar-refractivity contribution in [2.24, 2.45) is 0 Å². The molecule has 0 fully saturated rings. The summed E-state index contributed by atoms with van der Waals surface area (Å²) in [4.78, 5) is 14.6. The Morgan fingerprint density at radius 3 is 2.17 bits per heavy atom. The van der Waals surface area contributed by atoms with Gasteiger partial charge in [-0.05, 0) is 41.8 Å². The summed E-state index contributed by atoms with van der Waals surface area (Å²) in [5, 5.41) is 10.2. The molecule has 2 aromatic carbocycles. The first kappa shape index (κ1) is 16.3. The van der Waals surface area contributed by atoms with E-state index in [2.05, 4.69) is 4.98 Å². The maximum Gasteiger partial charge on any atom is 0.266 e. The summed E-state index contributed by atoms with van der Waals surface area (Å²) in [5.74, 6) is 0. The van der Waals surface area contributed by atoms with E-state index in [1.54, 1.807) is 25.1 Å². The minimum absolute atomic E-state index is 0.114. The molecule has 3 rings (SSSR count). The molecular weight excluding hydrogens is 343 g/mol. The maximum absolute atomic E-state index is 11.9. The first-order valence-corrected chi connectivity index (χ1v) is 7.95. The van der Waals surface area contributed by atoms with Gasteiger partial charge in [-0.2, -0.15) is 5.26 Å². The first-order valence-electron chi connectivity index (χ1n) is 7.19. The molecule has 0 saturated carbocycles. The predicted molar refractivity (Wildman–Crippen MR) is 97.4 cm³/mol. The molecular formula is C19H12Cl2N2O. The van der Waals surface area contributed by atoms with E-state index in [4.69, 9.17) is 23.2 Å². The number of hydrogen-bond acceptors (Lipinski definition) is 2. The van der Waals surface area contributed by atoms with E-state index in [0.717, 1.165) is 16.7 Å². The van der Waals surface area contributed by atoms with E-state index in [-0.39, 0.29) is 11.1 Å². The smallest absolute Gasteiger partial charge is 0.266 e. The lowest BCUT2D eigenvalue weighted by Crippen LogP contribution is -2.12. The molecule has 5 heteroatoms. The van der Waals surface area contributed by atoms with Crippen LogP contribution in [0.4, 0.5) is 0 Å². The highest BCUT2D eigenvalue weighted by Crippen LogP contribution is 2.30. The third-order valence-corrected chi connectivity index (χ3v) is 4.47. The van der Waals surface area contributed by atoms with Crippen LogP contribution in [0, 0.1) is 18.3 Å². The Balaban J connectivity index is 2.06. The van der Waals surface area contributed by atoms with Crippen LogP contribution >= 0.6 is 23.2 Å². The average Bonchev–Trinajstić information content (AvgIpc) is 2.57. The Labute approximate surface area is 149 Å². The molecule has 1 heterocycles. The van der Waals surface area contributed by atoms with E-state index in [1.807, 2.05) is 36.4 Å². The molecule has 0 aliphatic heterocycles. The van der Waals surface area contributed by atoms with Crippen molar-refractivity contribution in [3.63, 3.8) is 0 Å². The van der Waals surface area contributed by atoms with Crippen molar-refractivity contribution in [2.45, 2.75) is 6.92 Å². The fourth-order valence-electron chi connectivity index (χ4n) is 2.55. The van der Waals surface area contributed by atoms with E-state index in [9.17, 15) is 10.1 Å². The SMILES string of the molecule is Cc1cc(-c2ccc(-c3ccc(Cl)c(Cl)c3)cc2)c(C#N)c(=O)[nH]1. The van der Waals surface area contributed by atoms with Crippen LogP contribution in [0.1, 0.15) is 11.3 Å². The van der Waals surface area contributed by atoms with Gasteiger partial charge in [0.25, 0.3) is 5.56 Å². The van der Waals surface area contributed by atoms with Gasteiger partial charge in [0.15, 0.2) is 0 Å². The fraction of sp³-hybridized carbons (Fsp3) is 0.0526. The molecule has 0 saturated heterocycles. The van der Waals surface area contributed by atoms with Crippen LogP contribution in [0.25, 0.3) is 22.3 Å². The Kier molecular flexibility index (Phi) is 4.44. The van der Waals surface area contributed by atoms with Crippen LogP contribution in [-0.4, -0.2) is 4.98 Å². The Morgan fingerprint density at radius 1 is 0.917 bits per heavy atom. The number of aromatic amines is 1. The molecule has 0 aliphatic rings. The molecule has 1 N–H and O–H groups in total. The standard InChI is InChI=1S/C19H12Cl2N2O/c1-11-8-15(16(10-22)19(24)23-11)13-4-2-12(3-5-13)14-6-7-17(20)18(21)9-14/h2-9H,1H3,(H,23,24). The Bertz CT molecular complexity index is 1020. The van der Waals surface area contributed by atoms with Crippen molar-refractivity contribution in [3.05, 3.63) is 80.2 Å². The van der Waals surface area contributed by atoms with Gasteiger partial charge in [0.05, 0.1) is 10.0 Å². The lowest BCUT2D eigenvalue weighted by atomic mass is 9.98. The summed E-state index contributed by atoms with van der Waals surface area (Å²) in [6.45, 7) is 1.79. The zero-order valence-electron chi connectivity index (χ0n) is 12.7. The molecule has 24 heavy (non-hydrogen) atoms. The molecule has 0 spiro atoms. The Morgan fingerprint density at radius 2 is 1.54 bits per heavy atom. The topological polar surface area (TPSA) is 56.6 Å². The monoisotopic (exact) mass is 354 g/mol. The van der Waals surface area contributed by atoms with Crippen LogP contribution in [0.5, 0.6) is 0 Å². The van der Waals surface area contributed by atoms with Gasteiger partial charge in [-0.1, -0.05) is 53.5 Å². The minimum Gasteiger partial charge on any atom is -0.325 e. The average molecular weight is 355 g/mol. The van der Waals surface area contributed by atoms with Gasteiger partial charge in [-0.25, -0.2) is 0 Å². The second-order valence-electron chi connectivity index (χ2n) is 5.39.